The van der Waals surface area contributed by atoms with Gasteiger partial charge in [-0.25, -0.2) is 0 Å². The molecule has 0 aromatic heterocycles. The Morgan fingerprint density at radius 1 is 1.43 bits per heavy atom. The SMILES string of the molecule is CC(C)(C)CC(CNC(=O)CCN1CCSC1=O)C(=O)O. The van der Waals surface area contributed by atoms with Crippen LogP contribution in [0.25, 0.3) is 0 Å². The highest BCUT2D eigenvalue weighted by Gasteiger charge is 2.25. The number of hydrogen-bond donors (Lipinski definition) is 2. The molecule has 0 aromatic carbocycles. The Bertz CT molecular complexity index is 406. The molecule has 0 aliphatic carbocycles. The van der Waals surface area contributed by atoms with Crippen LogP contribution in [0.3, 0.4) is 0 Å². The van der Waals surface area contributed by atoms with Gasteiger partial charge in [0.15, 0.2) is 0 Å². The second-order valence-corrected chi connectivity index (χ2v) is 7.50. The van der Waals surface area contributed by atoms with E-state index in [9.17, 15) is 19.5 Å². The molecule has 1 atom stereocenters. The maximum atomic E-state index is 11.8. The number of thioether (sulfide) groups is 1. The van der Waals surface area contributed by atoms with Crippen molar-refractivity contribution in [2.75, 3.05) is 25.4 Å². The van der Waals surface area contributed by atoms with Crippen molar-refractivity contribution in [2.45, 2.75) is 33.6 Å². The third-order valence-electron chi connectivity index (χ3n) is 3.21. The Morgan fingerprint density at radius 3 is 2.57 bits per heavy atom. The molecule has 1 fully saturated rings. The summed E-state index contributed by atoms with van der Waals surface area (Å²) in [5.74, 6) is -0.915. The van der Waals surface area contributed by atoms with Crippen molar-refractivity contribution < 1.29 is 19.5 Å². The zero-order valence-electron chi connectivity index (χ0n) is 12.8. The van der Waals surface area contributed by atoms with Crippen LogP contribution in [0.15, 0.2) is 0 Å². The average molecular weight is 316 g/mol. The molecule has 1 aliphatic rings. The van der Waals surface area contributed by atoms with Crippen LogP contribution in [-0.4, -0.2) is 52.5 Å². The van der Waals surface area contributed by atoms with Crippen LogP contribution < -0.4 is 5.32 Å². The lowest BCUT2D eigenvalue weighted by Crippen LogP contribution is -2.36. The van der Waals surface area contributed by atoms with Crippen molar-refractivity contribution in [3.8, 4) is 0 Å². The number of carbonyl (C=O) groups is 3. The molecule has 6 nitrogen and oxygen atoms in total. The number of nitrogens with one attached hydrogen (secondary N) is 1. The Kier molecular flexibility index (Phi) is 6.51. The molecule has 0 bridgehead atoms. The molecular formula is C14H24N2O4S. The number of aliphatic carboxylic acids is 1. The molecule has 120 valence electrons. The lowest BCUT2D eigenvalue weighted by atomic mass is 9.84. The monoisotopic (exact) mass is 316 g/mol. The number of amides is 2. The number of carboxylic acids is 1. The summed E-state index contributed by atoms with van der Waals surface area (Å²) in [6.07, 6.45) is 0.720. The van der Waals surface area contributed by atoms with E-state index in [1.54, 1.807) is 4.90 Å². The first-order valence-electron chi connectivity index (χ1n) is 7.10. The number of rotatable bonds is 7. The van der Waals surface area contributed by atoms with E-state index in [2.05, 4.69) is 5.32 Å². The first kappa shape index (κ1) is 17.8. The van der Waals surface area contributed by atoms with Gasteiger partial charge in [0.1, 0.15) is 0 Å². The summed E-state index contributed by atoms with van der Waals surface area (Å²) in [6.45, 7) is 7.13. The molecule has 1 unspecified atom stereocenters. The molecule has 7 heteroatoms. The van der Waals surface area contributed by atoms with Gasteiger partial charge in [-0.3, -0.25) is 14.4 Å². The van der Waals surface area contributed by atoms with Gasteiger partial charge < -0.3 is 15.3 Å². The second-order valence-electron chi connectivity index (χ2n) is 6.46. The minimum absolute atomic E-state index is 0.0129. The van der Waals surface area contributed by atoms with E-state index >= 15 is 0 Å². The summed E-state index contributed by atoms with van der Waals surface area (Å²) in [4.78, 5) is 36.0. The van der Waals surface area contributed by atoms with Gasteiger partial charge in [-0.1, -0.05) is 32.5 Å². The molecule has 21 heavy (non-hydrogen) atoms. The molecule has 1 heterocycles. The van der Waals surface area contributed by atoms with Crippen molar-refractivity contribution in [2.24, 2.45) is 11.3 Å². The first-order chi connectivity index (χ1) is 9.69. The van der Waals surface area contributed by atoms with Gasteiger partial charge in [-0.05, 0) is 11.8 Å². The first-order valence-corrected chi connectivity index (χ1v) is 8.09. The highest BCUT2D eigenvalue weighted by Crippen LogP contribution is 2.24. The van der Waals surface area contributed by atoms with Crippen LogP contribution in [-0.2, 0) is 9.59 Å². The van der Waals surface area contributed by atoms with Gasteiger partial charge in [-0.15, -0.1) is 0 Å². The van der Waals surface area contributed by atoms with Crippen molar-refractivity contribution in [1.82, 2.24) is 10.2 Å². The molecule has 2 N–H and O–H groups in total. The largest absolute Gasteiger partial charge is 0.481 e. The van der Waals surface area contributed by atoms with Crippen molar-refractivity contribution >= 4 is 28.9 Å². The highest BCUT2D eigenvalue weighted by atomic mass is 32.2. The molecule has 2 amide bonds. The molecule has 0 spiro atoms. The van der Waals surface area contributed by atoms with Crippen molar-refractivity contribution in [3.63, 3.8) is 0 Å². The van der Waals surface area contributed by atoms with Crippen LogP contribution in [0.1, 0.15) is 33.6 Å². The summed E-state index contributed by atoms with van der Waals surface area (Å²) in [5.41, 5.74) is -0.104. The van der Waals surface area contributed by atoms with E-state index in [1.807, 2.05) is 20.8 Å². The molecular weight excluding hydrogens is 292 g/mol. The van der Waals surface area contributed by atoms with E-state index < -0.39 is 11.9 Å². The zero-order valence-corrected chi connectivity index (χ0v) is 13.7. The number of carboxylic acid groups (broad SMARTS) is 1. The molecule has 1 aliphatic heterocycles. The van der Waals surface area contributed by atoms with Gasteiger partial charge >= 0.3 is 5.97 Å². The minimum atomic E-state index is -0.892. The average Bonchev–Trinajstić information content (AvgIpc) is 2.76. The second kappa shape index (κ2) is 7.68. The smallest absolute Gasteiger partial charge is 0.308 e. The summed E-state index contributed by atoms with van der Waals surface area (Å²) < 4.78 is 0. The standard InChI is InChI=1S/C14H24N2O4S/c1-14(2,3)8-10(12(18)19)9-15-11(17)4-5-16-6-7-21-13(16)20/h10H,4-9H2,1-3H3,(H,15,17)(H,18,19). The van der Waals surface area contributed by atoms with E-state index in [1.165, 1.54) is 11.8 Å². The Labute approximate surface area is 129 Å². The predicted molar refractivity (Wildman–Crippen MR) is 82.3 cm³/mol. The fourth-order valence-electron chi connectivity index (χ4n) is 2.18. The number of carbonyl (C=O) groups excluding carboxylic acids is 2. The fraction of sp³-hybridized carbons (Fsp3) is 0.786. The van der Waals surface area contributed by atoms with E-state index in [0.29, 0.717) is 19.5 Å². The third-order valence-corrected chi connectivity index (χ3v) is 4.10. The zero-order chi connectivity index (χ0) is 16.0. The number of hydrogen-bond acceptors (Lipinski definition) is 4. The molecule has 1 saturated heterocycles. The normalized spacial score (nSPS) is 16.9. The van der Waals surface area contributed by atoms with Crippen molar-refractivity contribution in [1.29, 1.82) is 0 Å². The maximum Gasteiger partial charge on any atom is 0.308 e. The Balaban J connectivity index is 2.32. The highest BCUT2D eigenvalue weighted by molar-refractivity contribution is 8.13. The number of nitrogens with zero attached hydrogens (tertiary/aromatic N) is 1. The van der Waals surface area contributed by atoms with Crippen LogP contribution in [0.4, 0.5) is 4.79 Å². The van der Waals surface area contributed by atoms with Crippen LogP contribution >= 0.6 is 11.8 Å². The third kappa shape index (κ3) is 6.84. The molecule has 0 radical (unpaired) electrons. The van der Waals surface area contributed by atoms with Gasteiger partial charge in [0, 0.05) is 31.8 Å². The maximum absolute atomic E-state index is 11.8. The lowest BCUT2D eigenvalue weighted by molar-refractivity contribution is -0.142. The quantitative estimate of drug-likeness (QED) is 0.748. The van der Waals surface area contributed by atoms with E-state index in [0.717, 1.165) is 5.75 Å². The predicted octanol–water partition coefficient (Wildman–Crippen LogP) is 1.80. The topological polar surface area (TPSA) is 86.7 Å². The minimum Gasteiger partial charge on any atom is -0.481 e. The summed E-state index contributed by atoms with van der Waals surface area (Å²) >= 11 is 1.26. The Morgan fingerprint density at radius 2 is 2.10 bits per heavy atom. The molecule has 1 rings (SSSR count). The lowest BCUT2D eigenvalue weighted by Gasteiger charge is -2.23. The fourth-order valence-corrected chi connectivity index (χ4v) is 3.03. The molecule has 0 aromatic rings. The van der Waals surface area contributed by atoms with Crippen LogP contribution in [0.5, 0.6) is 0 Å². The van der Waals surface area contributed by atoms with Gasteiger partial charge in [0.2, 0.25) is 5.91 Å². The van der Waals surface area contributed by atoms with Gasteiger partial charge in [0.25, 0.3) is 5.24 Å². The summed E-state index contributed by atoms with van der Waals surface area (Å²) in [6, 6.07) is 0. The van der Waals surface area contributed by atoms with Crippen LogP contribution in [0.2, 0.25) is 0 Å². The van der Waals surface area contributed by atoms with Gasteiger partial charge in [0.05, 0.1) is 5.92 Å². The van der Waals surface area contributed by atoms with Gasteiger partial charge in [-0.2, -0.15) is 0 Å². The molecule has 0 saturated carbocycles. The van der Waals surface area contributed by atoms with Crippen LogP contribution in [0, 0.1) is 11.3 Å². The Hall–Kier alpha value is -1.24. The van der Waals surface area contributed by atoms with Crippen molar-refractivity contribution in [3.05, 3.63) is 0 Å². The van der Waals surface area contributed by atoms with E-state index in [-0.39, 0.29) is 29.5 Å². The van der Waals surface area contributed by atoms with E-state index in [4.69, 9.17) is 0 Å². The summed E-state index contributed by atoms with van der Waals surface area (Å²) in [7, 11) is 0. The summed E-state index contributed by atoms with van der Waals surface area (Å²) in [5, 5.41) is 11.9.